The quantitative estimate of drug-likeness (QED) is 0.599. The van der Waals surface area contributed by atoms with E-state index < -0.39 is 5.97 Å². The Bertz CT molecular complexity index is 859. The number of methoxy groups -OCH3 is 1. The third kappa shape index (κ3) is 3.71. The van der Waals surface area contributed by atoms with Crippen molar-refractivity contribution < 1.29 is 9.53 Å². The van der Waals surface area contributed by atoms with E-state index in [0.29, 0.717) is 22.3 Å². The molecule has 24 heavy (non-hydrogen) atoms. The lowest BCUT2D eigenvalue weighted by Crippen LogP contribution is -2.06. The van der Waals surface area contributed by atoms with Crippen molar-refractivity contribution in [1.82, 2.24) is 9.78 Å². The molecule has 0 aliphatic heterocycles. The van der Waals surface area contributed by atoms with Crippen LogP contribution in [-0.2, 0) is 11.3 Å². The molecule has 0 aliphatic carbocycles. The Balaban J connectivity index is 0.00000100. The minimum atomic E-state index is -0.461. The van der Waals surface area contributed by atoms with Gasteiger partial charge < -0.3 is 4.74 Å². The molecule has 0 amide bonds. The Kier molecular flexibility index (Phi) is 6.23. The van der Waals surface area contributed by atoms with Crippen LogP contribution < -0.4 is 0 Å². The molecule has 3 rings (SSSR count). The maximum Gasteiger partial charge on any atom is 0.359 e. The third-order valence-electron chi connectivity index (χ3n) is 3.37. The summed E-state index contributed by atoms with van der Waals surface area (Å²) in [5.41, 5.74) is 2.01. The predicted molar refractivity (Wildman–Crippen MR) is 98.0 cm³/mol. The molecule has 0 fully saturated rings. The van der Waals surface area contributed by atoms with Gasteiger partial charge in [0.15, 0.2) is 5.69 Å². The number of halogens is 2. The summed E-state index contributed by atoms with van der Waals surface area (Å²) in [6.45, 7) is 4.44. The molecule has 126 valence electrons. The molecule has 1 aromatic heterocycles. The number of rotatable bonds is 3. The van der Waals surface area contributed by atoms with Crippen molar-refractivity contribution in [3.63, 3.8) is 0 Å². The summed E-state index contributed by atoms with van der Waals surface area (Å²) in [5.74, 6) is -0.461. The van der Waals surface area contributed by atoms with Crippen molar-refractivity contribution in [3.8, 4) is 0 Å². The fourth-order valence-corrected chi connectivity index (χ4v) is 2.77. The molecule has 0 atom stereocenters. The first kappa shape index (κ1) is 18.3. The smallest absolute Gasteiger partial charge is 0.359 e. The maximum atomic E-state index is 11.9. The molecule has 0 spiro atoms. The number of carbonyl (C=O) groups is 1. The van der Waals surface area contributed by atoms with Crippen LogP contribution in [0.1, 0.15) is 29.9 Å². The van der Waals surface area contributed by atoms with Crippen LogP contribution in [0.25, 0.3) is 10.9 Å². The number of para-hydroxylation sites is 1. The molecule has 0 unspecified atom stereocenters. The topological polar surface area (TPSA) is 44.1 Å². The number of nitrogens with zero attached hydrogens (tertiary/aromatic N) is 2. The number of benzene rings is 2. The highest BCUT2D eigenvalue weighted by molar-refractivity contribution is 6.35. The van der Waals surface area contributed by atoms with Crippen LogP contribution in [-0.4, -0.2) is 22.9 Å². The van der Waals surface area contributed by atoms with E-state index in [4.69, 9.17) is 27.9 Å². The van der Waals surface area contributed by atoms with Crippen molar-refractivity contribution in [2.24, 2.45) is 0 Å². The molecular formula is C18H18Cl2N2O2. The number of aromatic nitrogens is 2. The first-order valence-corrected chi connectivity index (χ1v) is 8.33. The number of carbonyl (C=O) groups excluding carboxylic acids is 1. The maximum absolute atomic E-state index is 11.9. The number of esters is 1. The van der Waals surface area contributed by atoms with Gasteiger partial charge in [0.1, 0.15) is 0 Å². The third-order valence-corrected chi connectivity index (χ3v) is 3.96. The predicted octanol–water partition coefficient (Wildman–Crippen LogP) is 5.20. The number of ether oxygens (including phenoxy) is 1. The number of hydrogen-bond donors (Lipinski definition) is 0. The zero-order valence-corrected chi connectivity index (χ0v) is 15.2. The molecule has 0 N–H and O–H groups in total. The molecule has 0 saturated heterocycles. The normalized spacial score (nSPS) is 10.2. The van der Waals surface area contributed by atoms with Crippen LogP contribution in [0.5, 0.6) is 0 Å². The summed E-state index contributed by atoms with van der Waals surface area (Å²) in [5, 5.41) is 6.26. The van der Waals surface area contributed by atoms with E-state index >= 15 is 0 Å². The molecule has 0 saturated carbocycles. The Morgan fingerprint density at radius 2 is 1.88 bits per heavy atom. The molecule has 3 aromatic rings. The SMILES string of the molecule is CC.COC(=O)c1nn(Cc2ccc(Cl)cc2Cl)c2ccccc12. The molecule has 0 radical (unpaired) electrons. The first-order valence-electron chi connectivity index (χ1n) is 7.58. The zero-order chi connectivity index (χ0) is 17.7. The van der Waals surface area contributed by atoms with E-state index in [1.807, 2.05) is 44.2 Å². The lowest BCUT2D eigenvalue weighted by Gasteiger charge is -2.06. The van der Waals surface area contributed by atoms with E-state index in [1.54, 1.807) is 16.8 Å². The van der Waals surface area contributed by atoms with Gasteiger partial charge in [-0.05, 0) is 23.8 Å². The van der Waals surface area contributed by atoms with Gasteiger partial charge >= 0.3 is 5.97 Å². The summed E-state index contributed by atoms with van der Waals surface area (Å²) in [6, 6.07) is 12.8. The second kappa shape index (κ2) is 8.18. The molecular weight excluding hydrogens is 347 g/mol. The molecule has 0 bridgehead atoms. The van der Waals surface area contributed by atoms with Crippen LogP contribution in [0.15, 0.2) is 42.5 Å². The zero-order valence-electron chi connectivity index (χ0n) is 13.7. The van der Waals surface area contributed by atoms with Gasteiger partial charge in [0, 0.05) is 15.4 Å². The highest BCUT2D eigenvalue weighted by atomic mass is 35.5. The second-order valence-corrected chi connectivity index (χ2v) is 5.59. The van der Waals surface area contributed by atoms with Crippen molar-refractivity contribution in [1.29, 1.82) is 0 Å². The van der Waals surface area contributed by atoms with E-state index in [1.165, 1.54) is 7.11 Å². The largest absolute Gasteiger partial charge is 0.464 e. The van der Waals surface area contributed by atoms with Crippen LogP contribution in [0.2, 0.25) is 10.0 Å². The van der Waals surface area contributed by atoms with Crippen LogP contribution in [0.3, 0.4) is 0 Å². The average molecular weight is 365 g/mol. The Morgan fingerprint density at radius 3 is 2.54 bits per heavy atom. The lowest BCUT2D eigenvalue weighted by atomic mass is 10.2. The lowest BCUT2D eigenvalue weighted by molar-refractivity contribution is 0.0595. The van der Waals surface area contributed by atoms with Crippen molar-refractivity contribution in [2.45, 2.75) is 20.4 Å². The van der Waals surface area contributed by atoms with E-state index in [-0.39, 0.29) is 0 Å². The minimum absolute atomic E-state index is 0.295. The van der Waals surface area contributed by atoms with Crippen molar-refractivity contribution >= 4 is 40.1 Å². The fourth-order valence-electron chi connectivity index (χ4n) is 2.31. The van der Waals surface area contributed by atoms with Gasteiger partial charge in [0.25, 0.3) is 0 Å². The van der Waals surface area contributed by atoms with Gasteiger partial charge in [-0.15, -0.1) is 0 Å². The Hall–Kier alpha value is -2.04. The van der Waals surface area contributed by atoms with Gasteiger partial charge in [-0.25, -0.2) is 4.79 Å². The summed E-state index contributed by atoms with van der Waals surface area (Å²) >= 11 is 12.1. The van der Waals surface area contributed by atoms with E-state index in [2.05, 4.69) is 5.10 Å². The monoisotopic (exact) mass is 364 g/mol. The van der Waals surface area contributed by atoms with Gasteiger partial charge in [-0.3, -0.25) is 4.68 Å². The minimum Gasteiger partial charge on any atom is -0.464 e. The molecule has 2 aromatic carbocycles. The highest BCUT2D eigenvalue weighted by Crippen LogP contribution is 2.24. The summed E-state index contributed by atoms with van der Waals surface area (Å²) in [7, 11) is 1.34. The first-order chi connectivity index (χ1) is 11.6. The van der Waals surface area contributed by atoms with E-state index in [0.717, 1.165) is 16.5 Å². The van der Waals surface area contributed by atoms with Crippen LogP contribution >= 0.6 is 23.2 Å². The Labute approximate surface area is 150 Å². The molecule has 4 nitrogen and oxygen atoms in total. The summed E-state index contributed by atoms with van der Waals surface area (Å²) in [4.78, 5) is 11.9. The number of hydrogen-bond acceptors (Lipinski definition) is 3. The molecule has 6 heteroatoms. The fraction of sp³-hybridized carbons (Fsp3) is 0.222. The Morgan fingerprint density at radius 1 is 1.17 bits per heavy atom. The summed E-state index contributed by atoms with van der Waals surface area (Å²) in [6.07, 6.45) is 0. The van der Waals surface area contributed by atoms with Crippen LogP contribution in [0, 0.1) is 0 Å². The second-order valence-electron chi connectivity index (χ2n) is 4.75. The van der Waals surface area contributed by atoms with E-state index in [9.17, 15) is 4.79 Å². The van der Waals surface area contributed by atoms with Crippen molar-refractivity contribution in [3.05, 3.63) is 63.8 Å². The van der Waals surface area contributed by atoms with Gasteiger partial charge in [-0.1, -0.05) is 61.3 Å². The van der Waals surface area contributed by atoms with Crippen molar-refractivity contribution in [2.75, 3.05) is 7.11 Å². The standard InChI is InChI=1S/C16H12Cl2N2O2.C2H6/c1-22-16(21)15-12-4-2-3-5-14(12)20(19-15)9-10-6-7-11(17)8-13(10)18;1-2/h2-8H,9H2,1H3;1-2H3. The van der Waals surface area contributed by atoms with Gasteiger partial charge in [-0.2, -0.15) is 5.10 Å². The van der Waals surface area contributed by atoms with Gasteiger partial charge in [0.2, 0.25) is 0 Å². The molecule has 1 heterocycles. The van der Waals surface area contributed by atoms with Gasteiger partial charge in [0.05, 0.1) is 19.2 Å². The van der Waals surface area contributed by atoms with Crippen LogP contribution in [0.4, 0.5) is 0 Å². The highest BCUT2D eigenvalue weighted by Gasteiger charge is 2.17. The molecule has 0 aliphatic rings. The average Bonchev–Trinajstić information content (AvgIpc) is 2.97. The summed E-state index contributed by atoms with van der Waals surface area (Å²) < 4.78 is 6.52. The number of fused-ring (bicyclic) bond motifs is 1.